The molecular formula is C12H14BrClO3. The maximum Gasteiger partial charge on any atom is 0.120 e. The van der Waals surface area contributed by atoms with Gasteiger partial charge in [0.1, 0.15) is 11.9 Å². The molecule has 5 heteroatoms. The Morgan fingerprint density at radius 3 is 2.88 bits per heavy atom. The van der Waals surface area contributed by atoms with Gasteiger partial charge in [0, 0.05) is 4.47 Å². The lowest BCUT2D eigenvalue weighted by atomic mass is 10.1. The Kier molecular flexibility index (Phi) is 4.68. The van der Waals surface area contributed by atoms with Crippen LogP contribution < -0.4 is 4.74 Å². The summed E-state index contributed by atoms with van der Waals surface area (Å²) in [7, 11) is 1.64. The van der Waals surface area contributed by atoms with Crippen LogP contribution in [0.4, 0.5) is 0 Å². The van der Waals surface area contributed by atoms with Gasteiger partial charge >= 0.3 is 0 Å². The van der Waals surface area contributed by atoms with Crippen LogP contribution in [0.1, 0.15) is 10.9 Å². The molecule has 1 aliphatic heterocycles. The van der Waals surface area contributed by atoms with Gasteiger partial charge in [-0.25, -0.2) is 0 Å². The van der Waals surface area contributed by atoms with Crippen molar-refractivity contribution in [3.63, 3.8) is 0 Å². The summed E-state index contributed by atoms with van der Waals surface area (Å²) in [6.07, 6.45) is -0.102. The Balaban J connectivity index is 2.15. The molecular weight excluding hydrogens is 307 g/mol. The van der Waals surface area contributed by atoms with Crippen LogP contribution in [0.25, 0.3) is 0 Å². The molecule has 0 N–H and O–H groups in total. The fourth-order valence-electron chi connectivity index (χ4n) is 1.73. The maximum absolute atomic E-state index is 6.41. The van der Waals surface area contributed by atoms with Crippen molar-refractivity contribution >= 4 is 27.5 Å². The fourth-order valence-corrected chi connectivity index (χ4v) is 2.81. The van der Waals surface area contributed by atoms with Gasteiger partial charge in [-0.05, 0) is 17.7 Å². The molecule has 0 bridgehead atoms. The van der Waals surface area contributed by atoms with Crippen LogP contribution in [0.2, 0.25) is 0 Å². The largest absolute Gasteiger partial charge is 0.497 e. The van der Waals surface area contributed by atoms with E-state index in [-0.39, 0.29) is 11.5 Å². The van der Waals surface area contributed by atoms with E-state index in [1.807, 2.05) is 18.2 Å². The first kappa shape index (κ1) is 13.1. The predicted molar refractivity (Wildman–Crippen MR) is 69.8 cm³/mol. The summed E-state index contributed by atoms with van der Waals surface area (Å²) in [5.41, 5.74) is 0.989. The van der Waals surface area contributed by atoms with Crippen LogP contribution in [0.5, 0.6) is 5.75 Å². The second kappa shape index (κ2) is 6.05. The second-order valence-corrected chi connectivity index (χ2v) is 5.10. The van der Waals surface area contributed by atoms with E-state index in [4.69, 9.17) is 25.8 Å². The first-order valence-corrected chi connectivity index (χ1v) is 6.62. The molecule has 0 aromatic heterocycles. The summed E-state index contributed by atoms with van der Waals surface area (Å²) < 4.78 is 17.0. The molecule has 1 heterocycles. The Labute approximate surface area is 114 Å². The molecule has 0 radical (unpaired) electrons. The monoisotopic (exact) mass is 320 g/mol. The van der Waals surface area contributed by atoms with E-state index in [2.05, 4.69) is 15.9 Å². The minimum Gasteiger partial charge on any atom is -0.497 e. The smallest absolute Gasteiger partial charge is 0.120 e. The van der Waals surface area contributed by atoms with Crippen molar-refractivity contribution in [2.75, 3.05) is 26.9 Å². The molecule has 94 valence electrons. The lowest BCUT2D eigenvalue weighted by Crippen LogP contribution is -2.32. The molecule has 0 amide bonds. The lowest BCUT2D eigenvalue weighted by molar-refractivity contribution is -0.0893. The highest BCUT2D eigenvalue weighted by atomic mass is 79.9. The minimum atomic E-state index is -0.226. The van der Waals surface area contributed by atoms with Gasteiger partial charge in [0.05, 0.1) is 32.3 Å². The molecule has 1 aromatic carbocycles. The minimum absolute atomic E-state index is 0.102. The van der Waals surface area contributed by atoms with Crippen molar-refractivity contribution in [1.82, 2.24) is 0 Å². The van der Waals surface area contributed by atoms with Gasteiger partial charge in [0.15, 0.2) is 0 Å². The third-order valence-electron chi connectivity index (χ3n) is 2.67. The number of benzene rings is 1. The first-order valence-electron chi connectivity index (χ1n) is 5.39. The highest BCUT2D eigenvalue weighted by Crippen LogP contribution is 2.35. The average Bonchev–Trinajstić information content (AvgIpc) is 2.39. The Morgan fingerprint density at radius 2 is 2.29 bits per heavy atom. The summed E-state index contributed by atoms with van der Waals surface area (Å²) in [6.45, 7) is 1.78. The second-order valence-electron chi connectivity index (χ2n) is 3.77. The van der Waals surface area contributed by atoms with E-state index in [1.54, 1.807) is 7.11 Å². The van der Waals surface area contributed by atoms with E-state index < -0.39 is 0 Å². The highest BCUT2D eigenvalue weighted by molar-refractivity contribution is 9.10. The van der Waals surface area contributed by atoms with Gasteiger partial charge in [0.2, 0.25) is 0 Å². The van der Waals surface area contributed by atoms with E-state index in [0.717, 1.165) is 15.8 Å². The zero-order valence-corrected chi connectivity index (χ0v) is 11.8. The molecule has 2 rings (SSSR count). The summed E-state index contributed by atoms with van der Waals surface area (Å²) in [5.74, 6) is 0.797. The molecule has 2 unspecified atom stereocenters. The normalized spacial score (nSPS) is 22.2. The number of alkyl halides is 1. The third-order valence-corrected chi connectivity index (χ3v) is 3.88. The maximum atomic E-state index is 6.41. The van der Waals surface area contributed by atoms with E-state index in [1.165, 1.54) is 0 Å². The van der Waals surface area contributed by atoms with Gasteiger partial charge in [0.25, 0.3) is 0 Å². The molecule has 1 aliphatic rings. The van der Waals surface area contributed by atoms with Gasteiger partial charge in [-0.15, -0.1) is 11.6 Å². The summed E-state index contributed by atoms with van der Waals surface area (Å²) in [4.78, 5) is 0. The van der Waals surface area contributed by atoms with Gasteiger partial charge in [-0.1, -0.05) is 22.0 Å². The number of hydrogen-bond donors (Lipinski definition) is 0. The van der Waals surface area contributed by atoms with Crippen molar-refractivity contribution in [3.8, 4) is 5.75 Å². The number of ether oxygens (including phenoxy) is 3. The topological polar surface area (TPSA) is 27.7 Å². The third kappa shape index (κ3) is 3.13. The molecule has 0 spiro atoms. The van der Waals surface area contributed by atoms with Crippen molar-refractivity contribution < 1.29 is 14.2 Å². The van der Waals surface area contributed by atoms with Crippen LogP contribution in [0.3, 0.4) is 0 Å². The van der Waals surface area contributed by atoms with E-state index in [9.17, 15) is 0 Å². The quantitative estimate of drug-likeness (QED) is 0.801. The molecule has 0 saturated carbocycles. The Bertz CT molecular complexity index is 380. The zero-order valence-electron chi connectivity index (χ0n) is 9.49. The summed E-state index contributed by atoms with van der Waals surface area (Å²) in [5, 5.41) is -0.226. The van der Waals surface area contributed by atoms with Crippen LogP contribution in [-0.2, 0) is 9.47 Å². The molecule has 17 heavy (non-hydrogen) atoms. The molecule has 1 aromatic rings. The zero-order chi connectivity index (χ0) is 12.3. The molecule has 3 nitrogen and oxygen atoms in total. The van der Waals surface area contributed by atoms with Gasteiger partial charge in [-0.2, -0.15) is 0 Å². The Morgan fingerprint density at radius 1 is 1.47 bits per heavy atom. The number of halogens is 2. The Hall–Kier alpha value is -0.290. The molecule has 1 fully saturated rings. The molecule has 0 aliphatic carbocycles. The number of hydrogen-bond acceptors (Lipinski definition) is 3. The standard InChI is InChI=1S/C12H14BrClO3/c1-15-8-2-3-9(10(13)6-8)12(14)11-7-16-4-5-17-11/h2-3,6,11-12H,4-5,7H2,1H3. The number of methoxy groups -OCH3 is 1. The van der Waals surface area contributed by atoms with Crippen LogP contribution in [0, 0.1) is 0 Å². The van der Waals surface area contributed by atoms with Crippen molar-refractivity contribution in [3.05, 3.63) is 28.2 Å². The van der Waals surface area contributed by atoms with Crippen LogP contribution in [0.15, 0.2) is 22.7 Å². The van der Waals surface area contributed by atoms with E-state index >= 15 is 0 Å². The summed E-state index contributed by atoms with van der Waals surface area (Å²) in [6, 6.07) is 5.73. The lowest BCUT2D eigenvalue weighted by Gasteiger charge is -2.27. The van der Waals surface area contributed by atoms with Crippen molar-refractivity contribution in [1.29, 1.82) is 0 Å². The van der Waals surface area contributed by atoms with Crippen molar-refractivity contribution in [2.24, 2.45) is 0 Å². The van der Waals surface area contributed by atoms with Crippen LogP contribution in [-0.4, -0.2) is 33.0 Å². The van der Waals surface area contributed by atoms with Crippen molar-refractivity contribution in [2.45, 2.75) is 11.5 Å². The van der Waals surface area contributed by atoms with Gasteiger partial charge in [-0.3, -0.25) is 0 Å². The highest BCUT2D eigenvalue weighted by Gasteiger charge is 2.26. The SMILES string of the molecule is COc1ccc(C(Cl)C2COCCO2)c(Br)c1. The fraction of sp³-hybridized carbons (Fsp3) is 0.500. The number of rotatable bonds is 3. The summed E-state index contributed by atoms with van der Waals surface area (Å²) >= 11 is 9.90. The first-order chi connectivity index (χ1) is 8.22. The molecule has 1 saturated heterocycles. The predicted octanol–water partition coefficient (Wildman–Crippen LogP) is 3.15. The van der Waals surface area contributed by atoms with Crippen LogP contribution >= 0.6 is 27.5 Å². The molecule has 2 atom stereocenters. The van der Waals surface area contributed by atoms with E-state index in [0.29, 0.717) is 19.8 Å². The average molecular weight is 322 g/mol. The van der Waals surface area contributed by atoms with Gasteiger partial charge < -0.3 is 14.2 Å².